The number of anilines is 1. The summed E-state index contributed by atoms with van der Waals surface area (Å²) < 4.78 is 2.46. The van der Waals surface area contributed by atoms with Crippen molar-refractivity contribution in [3.63, 3.8) is 0 Å². The third-order valence-electron chi connectivity index (χ3n) is 2.65. The van der Waals surface area contributed by atoms with E-state index in [1.165, 1.54) is 11.3 Å². The summed E-state index contributed by atoms with van der Waals surface area (Å²) in [5.74, 6) is 0.457. The van der Waals surface area contributed by atoms with E-state index in [4.69, 9.17) is 23.2 Å². The average molecular weight is 261 g/mol. The van der Waals surface area contributed by atoms with Gasteiger partial charge in [-0.1, -0.05) is 41.7 Å². The highest BCUT2D eigenvalue weighted by Gasteiger charge is 2.15. The van der Waals surface area contributed by atoms with E-state index in [9.17, 15) is 0 Å². The van der Waals surface area contributed by atoms with Gasteiger partial charge in [-0.15, -0.1) is 0 Å². The van der Waals surface area contributed by atoms with Crippen LogP contribution in [0.25, 0.3) is 0 Å². The second-order valence-corrected chi connectivity index (χ2v) is 5.29. The molecule has 5 heteroatoms. The summed E-state index contributed by atoms with van der Waals surface area (Å²) in [5.41, 5.74) is 7.06. The number of hydrogen-bond donors (Lipinski definition) is 1. The number of rotatable bonds is 2. The van der Waals surface area contributed by atoms with Gasteiger partial charge in [0, 0.05) is 0 Å². The van der Waals surface area contributed by atoms with Crippen LogP contribution in [-0.2, 0) is 0 Å². The Morgan fingerprint density at radius 2 is 2.06 bits per heavy atom. The zero-order chi connectivity index (χ0) is 12.4. The molecule has 2 N–H and O–H groups in total. The van der Waals surface area contributed by atoms with Crippen molar-refractivity contribution in [3.05, 3.63) is 44.7 Å². The molecule has 3 nitrogen and oxygen atoms in total. The van der Waals surface area contributed by atoms with Crippen LogP contribution in [0.3, 0.4) is 0 Å². The maximum absolute atomic E-state index is 8.93. The molecule has 0 amide bonds. The summed E-state index contributed by atoms with van der Waals surface area (Å²) >= 11 is 6.51. The number of nitriles is 1. The summed E-state index contributed by atoms with van der Waals surface area (Å²) in [6.45, 7) is 2.02. The molecule has 86 valence electrons. The topological polar surface area (TPSA) is 54.7 Å². The van der Waals surface area contributed by atoms with E-state index in [-0.39, 0.29) is 6.04 Å². The first kappa shape index (κ1) is 11.8. The molecular formula is C12H11N3S2. The van der Waals surface area contributed by atoms with Crippen molar-refractivity contribution >= 4 is 29.4 Å². The Bertz CT molecular complexity index is 619. The highest BCUT2D eigenvalue weighted by molar-refractivity contribution is 7.73. The first-order valence-corrected chi connectivity index (χ1v) is 6.33. The average Bonchev–Trinajstić information content (AvgIpc) is 2.64. The maximum atomic E-state index is 8.93. The van der Waals surface area contributed by atoms with Gasteiger partial charge in [-0.25, -0.2) is 0 Å². The lowest BCUT2D eigenvalue weighted by atomic mass is 10.1. The molecule has 1 aromatic heterocycles. The van der Waals surface area contributed by atoms with E-state index in [1.807, 2.05) is 41.8 Å². The fourth-order valence-electron chi connectivity index (χ4n) is 1.72. The summed E-state index contributed by atoms with van der Waals surface area (Å²) in [4.78, 5) is 0.484. The molecule has 0 radical (unpaired) electrons. The summed E-state index contributed by atoms with van der Waals surface area (Å²) in [5, 5.41) is 8.93. The minimum absolute atomic E-state index is 0.0436. The predicted molar refractivity (Wildman–Crippen MR) is 72.5 cm³/mol. The Labute approximate surface area is 109 Å². The van der Waals surface area contributed by atoms with Crippen molar-refractivity contribution in [3.8, 4) is 6.07 Å². The van der Waals surface area contributed by atoms with E-state index in [0.717, 1.165) is 5.56 Å². The summed E-state index contributed by atoms with van der Waals surface area (Å²) in [7, 11) is 0. The van der Waals surface area contributed by atoms with Crippen molar-refractivity contribution in [2.24, 2.45) is 0 Å². The molecule has 0 fully saturated rings. The predicted octanol–water partition coefficient (Wildman–Crippen LogP) is 3.34. The van der Waals surface area contributed by atoms with Crippen molar-refractivity contribution in [2.45, 2.75) is 13.0 Å². The molecule has 0 spiro atoms. The van der Waals surface area contributed by atoms with Crippen LogP contribution in [0.5, 0.6) is 0 Å². The molecule has 0 aliphatic rings. The van der Waals surface area contributed by atoms with Crippen LogP contribution in [0.2, 0.25) is 0 Å². The van der Waals surface area contributed by atoms with E-state index in [0.29, 0.717) is 14.6 Å². The molecule has 0 aliphatic heterocycles. The van der Waals surface area contributed by atoms with Crippen LogP contribution in [0.1, 0.15) is 23.4 Å². The number of aromatic nitrogens is 1. The second kappa shape index (κ2) is 4.70. The number of nitrogens with two attached hydrogens (primary N) is 1. The van der Waals surface area contributed by atoms with Gasteiger partial charge in [0.15, 0.2) is 3.95 Å². The van der Waals surface area contributed by atoms with E-state index >= 15 is 0 Å². The molecule has 1 aromatic carbocycles. The Morgan fingerprint density at radius 3 is 2.59 bits per heavy atom. The first-order chi connectivity index (χ1) is 8.15. The highest BCUT2D eigenvalue weighted by atomic mass is 32.1. The molecule has 0 bridgehead atoms. The van der Waals surface area contributed by atoms with E-state index < -0.39 is 0 Å². The van der Waals surface area contributed by atoms with Crippen LogP contribution in [0.4, 0.5) is 5.82 Å². The SMILES string of the molecule is CC(c1ccccc1)n1c(N)c(C#N)sc1=S. The van der Waals surface area contributed by atoms with Gasteiger partial charge in [0.05, 0.1) is 6.04 Å². The lowest BCUT2D eigenvalue weighted by Gasteiger charge is -2.15. The number of benzene rings is 1. The minimum Gasteiger partial charge on any atom is -0.383 e. The summed E-state index contributed by atoms with van der Waals surface area (Å²) in [6, 6.07) is 12.1. The zero-order valence-corrected chi connectivity index (χ0v) is 10.9. The lowest BCUT2D eigenvalue weighted by molar-refractivity contribution is 0.648. The van der Waals surface area contributed by atoms with Gasteiger partial charge >= 0.3 is 0 Å². The molecule has 1 unspecified atom stereocenters. The van der Waals surface area contributed by atoms with Crippen molar-refractivity contribution < 1.29 is 0 Å². The van der Waals surface area contributed by atoms with Gasteiger partial charge in [-0.05, 0) is 24.7 Å². The Hall–Kier alpha value is -1.64. The van der Waals surface area contributed by atoms with E-state index in [2.05, 4.69) is 6.07 Å². The number of hydrogen-bond acceptors (Lipinski definition) is 4. The number of nitrogen functional groups attached to an aromatic ring is 1. The molecule has 0 saturated heterocycles. The number of thiazole rings is 1. The van der Waals surface area contributed by atoms with Crippen molar-refractivity contribution in [1.82, 2.24) is 4.57 Å². The number of nitrogens with zero attached hydrogens (tertiary/aromatic N) is 2. The molecule has 2 aromatic rings. The van der Waals surface area contributed by atoms with Gasteiger partial charge in [0.25, 0.3) is 0 Å². The fourth-order valence-corrected chi connectivity index (χ4v) is 3.01. The lowest BCUT2D eigenvalue weighted by Crippen LogP contribution is -2.10. The quantitative estimate of drug-likeness (QED) is 0.843. The molecule has 1 atom stereocenters. The molecule has 2 rings (SSSR count). The smallest absolute Gasteiger partial charge is 0.164 e. The normalized spacial score (nSPS) is 12.0. The van der Waals surface area contributed by atoms with Gasteiger partial charge in [-0.2, -0.15) is 5.26 Å². The minimum atomic E-state index is 0.0436. The van der Waals surface area contributed by atoms with Gasteiger partial charge in [0.2, 0.25) is 0 Å². The molecule has 17 heavy (non-hydrogen) atoms. The monoisotopic (exact) mass is 261 g/mol. The standard InChI is InChI=1S/C12H11N3S2/c1-8(9-5-3-2-4-6-9)15-11(14)10(7-13)17-12(15)16/h2-6,8H,14H2,1H3. The van der Waals surface area contributed by atoms with Crippen LogP contribution >= 0.6 is 23.6 Å². The zero-order valence-electron chi connectivity index (χ0n) is 9.25. The fraction of sp³-hybridized carbons (Fsp3) is 0.167. The van der Waals surface area contributed by atoms with Gasteiger partial charge < -0.3 is 10.3 Å². The Morgan fingerprint density at radius 1 is 1.41 bits per heavy atom. The van der Waals surface area contributed by atoms with Crippen LogP contribution in [0.15, 0.2) is 30.3 Å². The molecular weight excluding hydrogens is 250 g/mol. The van der Waals surface area contributed by atoms with Gasteiger partial charge in [-0.3, -0.25) is 0 Å². The molecule has 0 aliphatic carbocycles. The Kier molecular flexibility index (Phi) is 3.27. The third-order valence-corrected chi connectivity index (χ3v) is 3.97. The van der Waals surface area contributed by atoms with Crippen LogP contribution < -0.4 is 5.73 Å². The van der Waals surface area contributed by atoms with Crippen LogP contribution in [0, 0.1) is 15.3 Å². The van der Waals surface area contributed by atoms with Crippen LogP contribution in [-0.4, -0.2) is 4.57 Å². The molecule has 0 saturated carbocycles. The van der Waals surface area contributed by atoms with E-state index in [1.54, 1.807) is 0 Å². The van der Waals surface area contributed by atoms with Gasteiger partial charge in [0.1, 0.15) is 16.8 Å². The molecule has 1 heterocycles. The highest BCUT2D eigenvalue weighted by Crippen LogP contribution is 2.28. The van der Waals surface area contributed by atoms with Crippen molar-refractivity contribution in [1.29, 1.82) is 5.26 Å². The van der Waals surface area contributed by atoms with Crippen molar-refractivity contribution in [2.75, 3.05) is 5.73 Å². The maximum Gasteiger partial charge on any atom is 0.164 e. The largest absolute Gasteiger partial charge is 0.383 e. The Balaban J connectivity index is 2.53. The first-order valence-electron chi connectivity index (χ1n) is 5.11. The second-order valence-electron chi connectivity index (χ2n) is 3.65. The third kappa shape index (κ3) is 2.09. The summed E-state index contributed by atoms with van der Waals surface area (Å²) in [6.07, 6.45) is 0.